The van der Waals surface area contributed by atoms with E-state index in [1.807, 2.05) is 43.3 Å². The van der Waals surface area contributed by atoms with Gasteiger partial charge in [-0.25, -0.2) is 0 Å². The van der Waals surface area contributed by atoms with E-state index in [-0.39, 0.29) is 18.4 Å². The predicted octanol–water partition coefficient (Wildman–Crippen LogP) is 2.26. The molecular weight excluding hydrogens is 264 g/mol. The Morgan fingerprint density at radius 2 is 2.05 bits per heavy atom. The van der Waals surface area contributed by atoms with E-state index in [4.69, 9.17) is 0 Å². The number of nitrogens with one attached hydrogen (secondary N) is 1. The summed E-state index contributed by atoms with van der Waals surface area (Å²) in [6, 6.07) is 7.73. The van der Waals surface area contributed by atoms with Crippen LogP contribution in [0.1, 0.15) is 30.9 Å². The Labute approximate surface area is 126 Å². The summed E-state index contributed by atoms with van der Waals surface area (Å²) in [5.74, 6) is 0.0987. The molecule has 1 aromatic carbocycles. The van der Waals surface area contributed by atoms with Gasteiger partial charge in [0.15, 0.2) is 0 Å². The smallest absolute Gasteiger partial charge is 0.223 e. The first-order valence-electron chi connectivity index (χ1n) is 7.46. The molecule has 2 N–H and O–H groups in total. The average molecular weight is 288 g/mol. The summed E-state index contributed by atoms with van der Waals surface area (Å²) in [5, 5.41) is 13.0. The van der Waals surface area contributed by atoms with E-state index in [1.54, 1.807) is 0 Å². The molecule has 2 rings (SSSR count). The molecule has 1 amide bonds. The molecule has 1 aliphatic rings. The molecule has 0 bridgehead atoms. The number of amides is 1. The van der Waals surface area contributed by atoms with E-state index in [0.29, 0.717) is 0 Å². The van der Waals surface area contributed by atoms with Gasteiger partial charge in [0.2, 0.25) is 5.91 Å². The van der Waals surface area contributed by atoms with Crippen molar-refractivity contribution in [2.45, 2.75) is 25.4 Å². The molecule has 1 aliphatic carbocycles. The highest BCUT2D eigenvalue weighted by molar-refractivity contribution is 5.79. The predicted molar refractivity (Wildman–Crippen MR) is 85.2 cm³/mol. The summed E-state index contributed by atoms with van der Waals surface area (Å²) in [6.45, 7) is 0.264. The Balaban J connectivity index is 1.84. The van der Waals surface area contributed by atoms with Gasteiger partial charge in [-0.2, -0.15) is 0 Å². The van der Waals surface area contributed by atoms with Gasteiger partial charge in [-0.15, -0.1) is 0 Å². The second-order valence-corrected chi connectivity index (χ2v) is 5.73. The maximum Gasteiger partial charge on any atom is 0.223 e. The van der Waals surface area contributed by atoms with Crippen molar-refractivity contribution in [2.24, 2.45) is 5.92 Å². The highest BCUT2D eigenvalue weighted by Gasteiger charge is 2.19. The number of rotatable bonds is 5. The fourth-order valence-corrected chi connectivity index (χ4v) is 2.49. The molecule has 0 aromatic heterocycles. The van der Waals surface area contributed by atoms with Gasteiger partial charge in [-0.05, 0) is 37.0 Å². The van der Waals surface area contributed by atoms with Crippen LogP contribution in [0.3, 0.4) is 0 Å². The lowest BCUT2D eigenvalue weighted by atomic mass is 9.93. The van der Waals surface area contributed by atoms with Gasteiger partial charge in [0.25, 0.3) is 0 Å². The van der Waals surface area contributed by atoms with Crippen LogP contribution in [-0.4, -0.2) is 31.7 Å². The quantitative estimate of drug-likeness (QED) is 0.817. The van der Waals surface area contributed by atoms with Gasteiger partial charge in [0.1, 0.15) is 0 Å². The van der Waals surface area contributed by atoms with Crippen molar-refractivity contribution in [3.05, 3.63) is 42.0 Å². The summed E-state index contributed by atoms with van der Waals surface area (Å²) in [7, 11) is 3.95. The molecule has 4 nitrogen and oxygen atoms in total. The monoisotopic (exact) mass is 288 g/mol. The summed E-state index contributed by atoms with van der Waals surface area (Å²) in [4.78, 5) is 14.0. The minimum absolute atomic E-state index is 0.0447. The van der Waals surface area contributed by atoms with E-state index in [1.165, 1.54) is 0 Å². The summed E-state index contributed by atoms with van der Waals surface area (Å²) in [5.41, 5.74) is 1.91. The lowest BCUT2D eigenvalue weighted by Crippen LogP contribution is -2.34. The van der Waals surface area contributed by atoms with Crippen LogP contribution < -0.4 is 10.2 Å². The molecule has 0 heterocycles. The Bertz CT molecular complexity index is 494. The van der Waals surface area contributed by atoms with Crippen molar-refractivity contribution in [2.75, 3.05) is 25.5 Å². The number of carbonyl (C=O) groups is 1. The summed E-state index contributed by atoms with van der Waals surface area (Å²) >= 11 is 0. The van der Waals surface area contributed by atoms with Crippen LogP contribution in [0.25, 0.3) is 0 Å². The Morgan fingerprint density at radius 1 is 1.33 bits per heavy atom. The molecule has 1 aromatic rings. The van der Waals surface area contributed by atoms with E-state index >= 15 is 0 Å². The molecule has 0 saturated carbocycles. The number of hydrogen-bond donors (Lipinski definition) is 2. The third kappa shape index (κ3) is 4.33. The maximum atomic E-state index is 12.0. The third-order valence-electron chi connectivity index (χ3n) is 3.90. The summed E-state index contributed by atoms with van der Waals surface area (Å²) in [6.07, 6.45) is 6.18. The maximum absolute atomic E-state index is 12.0. The topological polar surface area (TPSA) is 52.6 Å². The third-order valence-corrected chi connectivity index (χ3v) is 3.90. The number of aliphatic hydroxyl groups is 1. The molecule has 0 radical (unpaired) electrons. The number of allylic oxidation sites excluding steroid dienone is 2. The lowest BCUT2D eigenvalue weighted by molar-refractivity contribution is -0.125. The first-order valence-corrected chi connectivity index (χ1v) is 7.46. The molecule has 0 fully saturated rings. The average Bonchev–Trinajstić information content (AvgIpc) is 2.53. The van der Waals surface area contributed by atoms with Gasteiger partial charge in [-0.3, -0.25) is 4.79 Å². The number of anilines is 1. The zero-order chi connectivity index (χ0) is 15.2. The molecule has 0 aliphatic heterocycles. The van der Waals surface area contributed by atoms with Gasteiger partial charge < -0.3 is 15.3 Å². The van der Waals surface area contributed by atoms with Crippen molar-refractivity contribution in [1.82, 2.24) is 5.32 Å². The molecule has 0 unspecified atom stereocenters. The van der Waals surface area contributed by atoms with E-state index in [2.05, 4.69) is 17.5 Å². The highest BCUT2D eigenvalue weighted by atomic mass is 16.3. The van der Waals surface area contributed by atoms with E-state index in [9.17, 15) is 9.90 Å². The minimum Gasteiger partial charge on any atom is -0.387 e. The fourth-order valence-electron chi connectivity index (χ4n) is 2.49. The number of nitrogens with zero attached hydrogens (tertiary/aromatic N) is 1. The van der Waals surface area contributed by atoms with Crippen LogP contribution in [0.5, 0.6) is 0 Å². The van der Waals surface area contributed by atoms with Crippen LogP contribution in [0.2, 0.25) is 0 Å². The molecule has 114 valence electrons. The van der Waals surface area contributed by atoms with Crippen LogP contribution in [0, 0.1) is 5.92 Å². The SMILES string of the molecule is CN(C)c1ccc([C@H](O)CNC(=O)[C@H]2CC=CCC2)cc1. The molecule has 0 spiro atoms. The van der Waals surface area contributed by atoms with Crippen LogP contribution >= 0.6 is 0 Å². The normalized spacial score (nSPS) is 19.1. The number of carbonyl (C=O) groups excluding carboxylic acids is 1. The second kappa shape index (κ2) is 7.27. The standard InChI is InChI=1S/C17H24N2O2/c1-19(2)15-10-8-13(9-11-15)16(20)12-18-17(21)14-6-4-3-5-7-14/h3-4,8-11,14,16,20H,5-7,12H2,1-2H3,(H,18,21)/t14-,16+/m0/s1. The van der Waals surface area contributed by atoms with Crippen molar-refractivity contribution >= 4 is 11.6 Å². The van der Waals surface area contributed by atoms with Crippen LogP contribution in [0.4, 0.5) is 5.69 Å². The first kappa shape index (κ1) is 15.6. The molecule has 0 saturated heterocycles. The van der Waals surface area contributed by atoms with Crippen LogP contribution in [0.15, 0.2) is 36.4 Å². The molecule has 4 heteroatoms. The largest absolute Gasteiger partial charge is 0.387 e. The number of hydrogen-bond acceptors (Lipinski definition) is 3. The van der Waals surface area contributed by atoms with Crippen molar-refractivity contribution < 1.29 is 9.90 Å². The minimum atomic E-state index is -0.663. The zero-order valence-electron chi connectivity index (χ0n) is 12.7. The zero-order valence-corrected chi connectivity index (χ0v) is 12.7. The first-order chi connectivity index (χ1) is 10.1. The number of benzene rings is 1. The Hall–Kier alpha value is -1.81. The van der Waals surface area contributed by atoms with Gasteiger partial charge >= 0.3 is 0 Å². The molecule has 2 atom stereocenters. The Morgan fingerprint density at radius 3 is 2.62 bits per heavy atom. The molecule has 21 heavy (non-hydrogen) atoms. The van der Waals surface area contributed by atoms with Crippen molar-refractivity contribution in [1.29, 1.82) is 0 Å². The number of aliphatic hydroxyl groups excluding tert-OH is 1. The fraction of sp³-hybridized carbons (Fsp3) is 0.471. The second-order valence-electron chi connectivity index (χ2n) is 5.73. The van der Waals surface area contributed by atoms with Gasteiger partial charge in [-0.1, -0.05) is 24.3 Å². The lowest BCUT2D eigenvalue weighted by Gasteiger charge is -2.19. The van der Waals surface area contributed by atoms with Crippen LogP contribution in [-0.2, 0) is 4.79 Å². The van der Waals surface area contributed by atoms with Gasteiger partial charge in [0, 0.05) is 32.2 Å². The highest BCUT2D eigenvalue weighted by Crippen LogP contribution is 2.20. The van der Waals surface area contributed by atoms with Crippen molar-refractivity contribution in [3.63, 3.8) is 0 Å². The summed E-state index contributed by atoms with van der Waals surface area (Å²) < 4.78 is 0. The van der Waals surface area contributed by atoms with Gasteiger partial charge in [0.05, 0.1) is 6.10 Å². The van der Waals surface area contributed by atoms with E-state index in [0.717, 1.165) is 30.5 Å². The van der Waals surface area contributed by atoms with E-state index < -0.39 is 6.10 Å². The Kier molecular flexibility index (Phi) is 5.39. The molecular formula is C17H24N2O2. The van der Waals surface area contributed by atoms with Crippen molar-refractivity contribution in [3.8, 4) is 0 Å².